The Morgan fingerprint density at radius 2 is 1.46 bits per heavy atom. The summed E-state index contributed by atoms with van der Waals surface area (Å²) in [5.74, 6) is 0.991. The molecule has 3 heteroatoms. The molecule has 1 heterocycles. The van der Waals surface area contributed by atoms with Crippen LogP contribution in [-0.4, -0.2) is 36.2 Å². The van der Waals surface area contributed by atoms with Crippen molar-refractivity contribution in [3.8, 4) is 0 Å². The molecule has 0 aromatic heterocycles. The molecule has 0 amide bonds. The van der Waals surface area contributed by atoms with Gasteiger partial charge in [-0.15, -0.1) is 0 Å². The number of hydrogen-bond acceptors (Lipinski definition) is 3. The van der Waals surface area contributed by atoms with Gasteiger partial charge in [0.2, 0.25) is 0 Å². The van der Waals surface area contributed by atoms with Crippen LogP contribution in [-0.2, 0) is 4.79 Å². The molecule has 150 valence electrons. The first-order valence-corrected chi connectivity index (χ1v) is 11.3. The van der Waals surface area contributed by atoms with Crippen molar-refractivity contribution in [2.45, 2.75) is 104 Å². The van der Waals surface area contributed by atoms with Crippen molar-refractivity contribution in [3.05, 3.63) is 12.2 Å². The number of hydrogen-bond donors (Lipinski definition) is 0. The van der Waals surface area contributed by atoms with Crippen LogP contribution in [0.4, 0.5) is 0 Å². The highest BCUT2D eigenvalue weighted by atomic mass is 16.1. The quantitative estimate of drug-likeness (QED) is 0.224. The Morgan fingerprint density at radius 3 is 2.08 bits per heavy atom. The molecule has 1 aliphatic rings. The van der Waals surface area contributed by atoms with E-state index >= 15 is 0 Å². The summed E-state index contributed by atoms with van der Waals surface area (Å²) in [5, 5.41) is 0. The fraction of sp³-hybridized carbons (Fsp3) is 0.826. The topological polar surface area (TPSA) is 32.7 Å². The maximum atomic E-state index is 12.2. The lowest BCUT2D eigenvalue weighted by molar-refractivity contribution is -0.113. The minimum atomic E-state index is 0.252. The van der Waals surface area contributed by atoms with Gasteiger partial charge in [0.15, 0.2) is 11.6 Å². The fourth-order valence-electron chi connectivity index (χ4n) is 3.52. The minimum absolute atomic E-state index is 0.252. The van der Waals surface area contributed by atoms with Gasteiger partial charge in [-0.1, -0.05) is 70.4 Å². The fourth-order valence-corrected chi connectivity index (χ4v) is 3.52. The van der Waals surface area contributed by atoms with Gasteiger partial charge in [0.05, 0.1) is 6.54 Å². The van der Waals surface area contributed by atoms with Gasteiger partial charge in [0, 0.05) is 19.5 Å². The van der Waals surface area contributed by atoms with E-state index in [1.54, 1.807) is 0 Å². The van der Waals surface area contributed by atoms with Crippen molar-refractivity contribution in [1.29, 1.82) is 0 Å². The number of carbonyl (C=O) groups is 1. The summed E-state index contributed by atoms with van der Waals surface area (Å²) in [6.45, 7) is 6.98. The summed E-state index contributed by atoms with van der Waals surface area (Å²) in [6.07, 6.45) is 22.2. The molecule has 0 aromatic carbocycles. The summed E-state index contributed by atoms with van der Waals surface area (Å²) >= 11 is 0. The van der Waals surface area contributed by atoms with Crippen LogP contribution in [0.25, 0.3) is 0 Å². The Kier molecular flexibility index (Phi) is 14.2. The molecule has 0 aliphatic carbocycles. The van der Waals surface area contributed by atoms with Crippen molar-refractivity contribution in [2.75, 3.05) is 19.6 Å². The van der Waals surface area contributed by atoms with Crippen LogP contribution in [0.3, 0.4) is 0 Å². The zero-order valence-electron chi connectivity index (χ0n) is 17.5. The Balaban J connectivity index is 1.86. The summed E-state index contributed by atoms with van der Waals surface area (Å²) in [4.78, 5) is 18.6. The number of carbonyl (C=O) groups excluding carboxylic acids is 1. The third-order valence-corrected chi connectivity index (χ3v) is 5.23. The Bertz CT molecular complexity index is 414. The molecule has 0 fully saturated rings. The van der Waals surface area contributed by atoms with E-state index in [-0.39, 0.29) is 5.78 Å². The average molecular weight is 363 g/mol. The van der Waals surface area contributed by atoms with Crippen LogP contribution in [0.15, 0.2) is 17.1 Å². The third-order valence-electron chi connectivity index (χ3n) is 5.23. The molecular weight excluding hydrogens is 320 g/mol. The number of rotatable bonds is 17. The molecule has 0 saturated heterocycles. The number of allylic oxidation sites excluding steroid dienone is 2. The average Bonchev–Trinajstić information content (AvgIpc) is 3.13. The molecule has 0 atom stereocenters. The van der Waals surface area contributed by atoms with Crippen molar-refractivity contribution >= 4 is 11.6 Å². The monoisotopic (exact) mass is 362 g/mol. The van der Waals surface area contributed by atoms with Crippen LogP contribution in [0.5, 0.6) is 0 Å². The maximum Gasteiger partial charge on any atom is 0.197 e. The highest BCUT2D eigenvalue weighted by molar-refractivity contribution is 6.39. The van der Waals surface area contributed by atoms with Gasteiger partial charge in [0.25, 0.3) is 0 Å². The first-order valence-electron chi connectivity index (χ1n) is 11.3. The lowest BCUT2D eigenvalue weighted by Crippen LogP contribution is -2.33. The maximum absolute atomic E-state index is 12.2. The van der Waals surface area contributed by atoms with Crippen LogP contribution in [0, 0.1) is 0 Å². The van der Waals surface area contributed by atoms with E-state index in [1.165, 1.54) is 77.0 Å². The number of amidine groups is 1. The van der Waals surface area contributed by atoms with Gasteiger partial charge >= 0.3 is 0 Å². The van der Waals surface area contributed by atoms with E-state index < -0.39 is 0 Å². The number of ketones is 1. The number of aliphatic imine (C=N–C) groups is 1. The molecule has 0 N–H and O–H groups in total. The van der Waals surface area contributed by atoms with Gasteiger partial charge < -0.3 is 4.90 Å². The highest BCUT2D eigenvalue weighted by Crippen LogP contribution is 2.11. The summed E-state index contributed by atoms with van der Waals surface area (Å²) in [5.41, 5.74) is 0. The zero-order chi connectivity index (χ0) is 18.9. The largest absolute Gasteiger partial charge is 0.352 e. The zero-order valence-corrected chi connectivity index (χ0v) is 17.5. The van der Waals surface area contributed by atoms with E-state index in [2.05, 4.69) is 35.9 Å². The second-order valence-electron chi connectivity index (χ2n) is 7.54. The molecular formula is C23H42N2O. The molecule has 0 bridgehead atoms. The second kappa shape index (κ2) is 16.1. The molecule has 0 aromatic rings. The molecule has 3 nitrogen and oxygen atoms in total. The van der Waals surface area contributed by atoms with Crippen molar-refractivity contribution in [2.24, 2.45) is 4.99 Å². The lowest BCUT2D eigenvalue weighted by atomic mass is 10.1. The Morgan fingerprint density at radius 1 is 0.885 bits per heavy atom. The molecule has 1 rings (SSSR count). The van der Waals surface area contributed by atoms with Crippen LogP contribution < -0.4 is 0 Å². The summed E-state index contributed by atoms with van der Waals surface area (Å²) in [7, 11) is 0. The van der Waals surface area contributed by atoms with E-state index in [4.69, 9.17) is 0 Å². The first-order chi connectivity index (χ1) is 12.8. The predicted molar refractivity (Wildman–Crippen MR) is 114 cm³/mol. The van der Waals surface area contributed by atoms with Crippen LogP contribution >= 0.6 is 0 Å². The minimum Gasteiger partial charge on any atom is -0.352 e. The molecule has 0 radical (unpaired) electrons. The first kappa shape index (κ1) is 22.9. The van der Waals surface area contributed by atoms with E-state index in [0.717, 1.165) is 31.9 Å². The molecule has 0 saturated carbocycles. The SMILES string of the molecule is CCCCCCCCC=CCCCCCCCC(=O)C1=NCCN1CC. The van der Waals surface area contributed by atoms with Crippen molar-refractivity contribution in [1.82, 2.24) is 4.90 Å². The molecule has 0 spiro atoms. The normalized spacial score (nSPS) is 14.4. The number of nitrogens with zero attached hydrogens (tertiary/aromatic N) is 2. The molecule has 0 unspecified atom stereocenters. The van der Waals surface area contributed by atoms with Gasteiger partial charge in [-0.25, -0.2) is 0 Å². The predicted octanol–water partition coefficient (Wildman–Crippen LogP) is 6.33. The van der Waals surface area contributed by atoms with Gasteiger partial charge in [0.1, 0.15) is 0 Å². The number of Topliss-reactive ketones (excluding diaryl/α,β-unsaturated/α-hetero) is 1. The standard InChI is InChI=1S/C23H42N2O/c1-3-5-6-7-8-9-10-11-12-13-14-15-16-17-18-19-22(26)23-24-20-21-25(23)4-2/h11-12H,3-10,13-21H2,1-2H3. The molecule has 26 heavy (non-hydrogen) atoms. The van der Waals surface area contributed by atoms with Gasteiger partial charge in [-0.3, -0.25) is 9.79 Å². The molecule has 1 aliphatic heterocycles. The van der Waals surface area contributed by atoms with Crippen LogP contribution in [0.1, 0.15) is 104 Å². The van der Waals surface area contributed by atoms with E-state index in [9.17, 15) is 4.79 Å². The Hall–Kier alpha value is -1.12. The van der Waals surface area contributed by atoms with Crippen molar-refractivity contribution in [3.63, 3.8) is 0 Å². The van der Waals surface area contributed by atoms with Crippen molar-refractivity contribution < 1.29 is 4.79 Å². The Labute approximate surface area is 162 Å². The third kappa shape index (κ3) is 10.8. The summed E-state index contributed by atoms with van der Waals surface area (Å²) in [6, 6.07) is 0. The van der Waals surface area contributed by atoms with Crippen LogP contribution in [0.2, 0.25) is 0 Å². The lowest BCUT2D eigenvalue weighted by Gasteiger charge is -2.16. The highest BCUT2D eigenvalue weighted by Gasteiger charge is 2.21. The van der Waals surface area contributed by atoms with E-state index in [1.807, 2.05) is 0 Å². The van der Waals surface area contributed by atoms with E-state index in [0.29, 0.717) is 6.42 Å². The van der Waals surface area contributed by atoms with Gasteiger partial charge in [-0.2, -0.15) is 0 Å². The second-order valence-corrected chi connectivity index (χ2v) is 7.54. The smallest absolute Gasteiger partial charge is 0.197 e. The van der Waals surface area contributed by atoms with Gasteiger partial charge in [-0.05, 0) is 39.0 Å². The number of unbranched alkanes of at least 4 members (excludes halogenated alkanes) is 11. The summed E-state index contributed by atoms with van der Waals surface area (Å²) < 4.78 is 0. The number of likely N-dealkylation sites (N-methyl/N-ethyl adjacent to an activating group) is 1.